The predicted molar refractivity (Wildman–Crippen MR) is 126 cm³/mol. The molecule has 2 aliphatic heterocycles. The van der Waals surface area contributed by atoms with Crippen molar-refractivity contribution in [2.45, 2.75) is 46.6 Å². The van der Waals surface area contributed by atoms with E-state index in [0.717, 1.165) is 12.1 Å². The number of benzene rings is 2. The second kappa shape index (κ2) is 9.19. The summed E-state index contributed by atoms with van der Waals surface area (Å²) in [4.78, 5) is 14.9. The molecule has 12 heteroatoms. The van der Waals surface area contributed by atoms with Crippen molar-refractivity contribution in [2.75, 3.05) is 19.7 Å². The number of rotatable bonds is 6. The van der Waals surface area contributed by atoms with Crippen LogP contribution in [0.4, 0.5) is 8.78 Å². The molecule has 1 amide bonds. The van der Waals surface area contributed by atoms with Crippen LogP contribution in [0, 0.1) is 11.6 Å². The number of halogens is 3. The molecule has 2 heterocycles. The Bertz CT molecular complexity index is 1260. The highest BCUT2D eigenvalue weighted by molar-refractivity contribution is 7.92. The van der Waals surface area contributed by atoms with E-state index >= 15 is 4.39 Å². The van der Waals surface area contributed by atoms with Gasteiger partial charge in [0.15, 0.2) is 21.2 Å². The van der Waals surface area contributed by atoms with E-state index in [2.05, 4.69) is 4.72 Å². The van der Waals surface area contributed by atoms with Crippen molar-refractivity contribution in [3.8, 4) is 5.75 Å². The molecule has 1 saturated heterocycles. The SMILES string of the molecule is O=C(CNS(=O)(=O)C1CC1)N1CCC[C@]2([S+]([O-])c3ccc(Cl)cc3)c3c(F)ccc(F)c3OC[C@H]12. The quantitative estimate of drug-likeness (QED) is 0.564. The summed E-state index contributed by atoms with van der Waals surface area (Å²) in [5.74, 6) is -2.42. The van der Waals surface area contributed by atoms with Gasteiger partial charge in [-0.05, 0) is 66.8 Å². The van der Waals surface area contributed by atoms with Gasteiger partial charge in [0.25, 0.3) is 0 Å². The van der Waals surface area contributed by atoms with Gasteiger partial charge in [-0.3, -0.25) is 4.79 Å². The molecule has 2 fully saturated rings. The van der Waals surface area contributed by atoms with Crippen LogP contribution in [0.2, 0.25) is 5.02 Å². The van der Waals surface area contributed by atoms with Gasteiger partial charge >= 0.3 is 0 Å². The maximum atomic E-state index is 15.3. The summed E-state index contributed by atoms with van der Waals surface area (Å²) >= 11 is 4.06. The molecule has 5 rings (SSSR count). The van der Waals surface area contributed by atoms with Gasteiger partial charge in [-0.15, -0.1) is 0 Å². The van der Waals surface area contributed by atoms with Crippen LogP contribution in [0.15, 0.2) is 41.3 Å². The Morgan fingerprint density at radius 1 is 1.20 bits per heavy atom. The maximum Gasteiger partial charge on any atom is 0.238 e. The number of likely N-dealkylation sites (tertiary alicyclic amines) is 1. The number of fused-ring (bicyclic) bond motifs is 3. The monoisotopic (exact) mass is 544 g/mol. The number of hydrogen-bond acceptors (Lipinski definition) is 5. The van der Waals surface area contributed by atoms with Crippen molar-refractivity contribution in [1.82, 2.24) is 9.62 Å². The molecule has 0 spiro atoms. The minimum Gasteiger partial charge on any atom is -0.611 e. The lowest BCUT2D eigenvalue weighted by Crippen LogP contribution is -2.65. The second-order valence-corrected chi connectivity index (χ2v) is 13.1. The smallest absolute Gasteiger partial charge is 0.238 e. The standard InChI is InChI=1S/C23H23ClF2N2O5S2/c24-14-2-4-15(5-3-14)34(30)23-10-1-11-28(20(29)12-27-35(31,32)16-6-7-16)19(23)13-33-22-18(26)9-8-17(25)21(22)23/h2-5,8-9,16,19,27H,1,6-7,10-13H2/t19-,23+,34?/m0/s1. The molecule has 7 nitrogen and oxygen atoms in total. The van der Waals surface area contributed by atoms with Gasteiger partial charge in [0.2, 0.25) is 15.9 Å². The molecule has 3 aliphatic rings. The van der Waals surface area contributed by atoms with E-state index in [1.807, 2.05) is 0 Å². The third-order valence-electron chi connectivity index (χ3n) is 6.80. The van der Waals surface area contributed by atoms with Gasteiger partial charge in [-0.2, -0.15) is 0 Å². The number of carbonyl (C=O) groups excluding carboxylic acids is 1. The second-order valence-electron chi connectivity index (χ2n) is 8.93. The van der Waals surface area contributed by atoms with Crippen LogP contribution < -0.4 is 9.46 Å². The Morgan fingerprint density at radius 3 is 2.57 bits per heavy atom. The van der Waals surface area contributed by atoms with Gasteiger partial charge in [-0.1, -0.05) is 11.6 Å². The highest BCUT2D eigenvalue weighted by Crippen LogP contribution is 2.53. The molecule has 1 aliphatic carbocycles. The fourth-order valence-electron chi connectivity index (χ4n) is 4.97. The van der Waals surface area contributed by atoms with Gasteiger partial charge in [0, 0.05) is 18.0 Å². The van der Waals surface area contributed by atoms with E-state index in [1.54, 1.807) is 24.3 Å². The summed E-state index contributed by atoms with van der Waals surface area (Å²) in [6, 6.07) is 7.23. The van der Waals surface area contributed by atoms with Crippen molar-refractivity contribution < 1.29 is 31.3 Å². The molecule has 0 bridgehead atoms. The van der Waals surface area contributed by atoms with Crippen LogP contribution in [-0.4, -0.2) is 54.8 Å². The van der Waals surface area contributed by atoms with E-state index in [0.29, 0.717) is 29.2 Å². The number of amides is 1. The van der Waals surface area contributed by atoms with Crippen LogP contribution in [0.25, 0.3) is 0 Å². The number of hydrogen-bond donors (Lipinski definition) is 1. The molecule has 1 N–H and O–H groups in total. The Morgan fingerprint density at radius 2 is 1.89 bits per heavy atom. The summed E-state index contributed by atoms with van der Waals surface area (Å²) < 4.78 is 75.1. The topological polar surface area (TPSA) is 98.8 Å². The first kappa shape index (κ1) is 24.8. The fourth-order valence-corrected chi connectivity index (χ4v) is 8.36. The van der Waals surface area contributed by atoms with E-state index in [1.165, 1.54) is 4.90 Å². The van der Waals surface area contributed by atoms with Crippen molar-refractivity contribution in [1.29, 1.82) is 0 Å². The van der Waals surface area contributed by atoms with Crippen molar-refractivity contribution in [3.63, 3.8) is 0 Å². The summed E-state index contributed by atoms with van der Waals surface area (Å²) in [5.41, 5.74) is -0.168. The first-order valence-electron chi connectivity index (χ1n) is 11.2. The summed E-state index contributed by atoms with van der Waals surface area (Å²) in [6.07, 6.45) is 1.66. The number of nitrogens with zero attached hydrogens (tertiary/aromatic N) is 1. The number of piperidine rings is 1. The molecule has 3 atom stereocenters. The third-order valence-corrected chi connectivity index (χ3v) is 11.0. The lowest BCUT2D eigenvalue weighted by atomic mass is 9.80. The number of nitrogens with one attached hydrogen (secondary N) is 1. The van der Waals surface area contributed by atoms with Gasteiger partial charge < -0.3 is 14.2 Å². The molecule has 2 aromatic carbocycles. The van der Waals surface area contributed by atoms with Gasteiger partial charge in [-0.25, -0.2) is 21.9 Å². The highest BCUT2D eigenvalue weighted by Gasteiger charge is 2.62. The highest BCUT2D eigenvalue weighted by atomic mass is 35.5. The third kappa shape index (κ3) is 4.31. The maximum absolute atomic E-state index is 15.3. The first-order valence-corrected chi connectivity index (χ1v) is 14.3. The van der Waals surface area contributed by atoms with E-state index in [9.17, 15) is 22.2 Å². The molecule has 35 heavy (non-hydrogen) atoms. The number of ether oxygens (including phenoxy) is 1. The number of carbonyl (C=O) groups is 1. The summed E-state index contributed by atoms with van der Waals surface area (Å²) in [6.45, 7) is -0.449. The zero-order valence-corrected chi connectivity index (χ0v) is 20.9. The summed E-state index contributed by atoms with van der Waals surface area (Å²) in [7, 11) is -3.60. The zero-order valence-electron chi connectivity index (χ0n) is 18.5. The average molecular weight is 545 g/mol. The minimum atomic E-state index is -3.60. The zero-order chi connectivity index (χ0) is 25.0. The van der Waals surface area contributed by atoms with E-state index in [4.69, 9.17) is 16.3 Å². The Kier molecular flexibility index (Phi) is 6.50. The van der Waals surface area contributed by atoms with Crippen molar-refractivity contribution in [3.05, 3.63) is 58.6 Å². The Hall–Kier alpha value is -1.92. The lowest BCUT2D eigenvalue weighted by Gasteiger charge is -2.51. The molecule has 0 radical (unpaired) electrons. The largest absolute Gasteiger partial charge is 0.611 e. The minimum absolute atomic E-state index is 0.168. The van der Waals surface area contributed by atoms with Crippen LogP contribution in [0.5, 0.6) is 5.75 Å². The Balaban J connectivity index is 1.56. The van der Waals surface area contributed by atoms with Gasteiger partial charge in [0.1, 0.15) is 18.5 Å². The van der Waals surface area contributed by atoms with E-state index < -0.39 is 61.3 Å². The summed E-state index contributed by atoms with van der Waals surface area (Å²) in [5, 5.41) is -0.0667. The molecule has 0 aromatic heterocycles. The normalized spacial score (nSPS) is 24.8. The lowest BCUT2D eigenvalue weighted by molar-refractivity contribution is -0.136. The molecular weight excluding hydrogens is 522 g/mol. The van der Waals surface area contributed by atoms with Crippen LogP contribution >= 0.6 is 11.6 Å². The van der Waals surface area contributed by atoms with Crippen LogP contribution in [0.3, 0.4) is 0 Å². The number of sulfonamides is 1. The van der Waals surface area contributed by atoms with Crippen molar-refractivity contribution >= 4 is 38.7 Å². The molecule has 188 valence electrons. The predicted octanol–water partition coefficient (Wildman–Crippen LogP) is 3.09. The fraction of sp³-hybridized carbons (Fsp3) is 0.435. The molecular formula is C23H23ClF2N2O5S2. The average Bonchev–Trinajstić information content (AvgIpc) is 3.70. The molecule has 2 aromatic rings. The first-order chi connectivity index (χ1) is 16.6. The van der Waals surface area contributed by atoms with Crippen molar-refractivity contribution in [2.24, 2.45) is 0 Å². The van der Waals surface area contributed by atoms with E-state index in [-0.39, 0.29) is 30.9 Å². The van der Waals surface area contributed by atoms with Crippen LogP contribution in [0.1, 0.15) is 31.2 Å². The Labute approximate surface area is 210 Å². The van der Waals surface area contributed by atoms with Crippen LogP contribution in [-0.2, 0) is 30.7 Å². The molecule has 1 unspecified atom stereocenters. The molecule has 1 saturated carbocycles. The van der Waals surface area contributed by atoms with Gasteiger partial charge in [0.05, 0.1) is 17.4 Å².